The Morgan fingerprint density at radius 3 is 3.00 bits per heavy atom. The number of rotatable bonds is 4. The van der Waals surface area contributed by atoms with Crippen molar-refractivity contribution in [3.63, 3.8) is 0 Å². The van der Waals surface area contributed by atoms with Gasteiger partial charge < -0.3 is 15.6 Å². The molecule has 0 aliphatic carbocycles. The van der Waals surface area contributed by atoms with E-state index in [2.05, 4.69) is 5.10 Å². The summed E-state index contributed by atoms with van der Waals surface area (Å²) in [5.41, 5.74) is 7.40. The molecule has 3 N–H and O–H groups in total. The number of aliphatic hydroxyl groups is 1. The second kappa shape index (κ2) is 5.50. The average molecular weight is 287 g/mol. The van der Waals surface area contributed by atoms with Crippen LogP contribution >= 0.6 is 0 Å². The van der Waals surface area contributed by atoms with Gasteiger partial charge in [-0.1, -0.05) is 18.2 Å². The molecule has 0 saturated heterocycles. The van der Waals surface area contributed by atoms with E-state index >= 15 is 0 Å². The standard InChI is InChI=1S/C16H21N3O2/c1-2-19-13(7-8-18-19)15(20)16(10-17)9-12-5-3-4-6-14(12)21-11-16/h3-8,15,20H,2,9-11,17H2,1H3. The number of nitrogens with two attached hydrogens (primary N) is 1. The largest absolute Gasteiger partial charge is 0.493 e. The number of hydrogen-bond donors (Lipinski definition) is 2. The number of aryl methyl sites for hydroxylation is 1. The van der Waals surface area contributed by atoms with Crippen LogP contribution in [0.3, 0.4) is 0 Å². The third kappa shape index (κ3) is 2.32. The zero-order valence-corrected chi connectivity index (χ0v) is 12.2. The molecule has 1 aliphatic rings. The van der Waals surface area contributed by atoms with Gasteiger partial charge in [0, 0.05) is 19.3 Å². The molecular formula is C16H21N3O2. The van der Waals surface area contributed by atoms with Crippen LogP contribution in [0.15, 0.2) is 36.5 Å². The molecule has 1 aromatic heterocycles. The zero-order valence-electron chi connectivity index (χ0n) is 12.2. The normalized spacial score (nSPS) is 22.4. The van der Waals surface area contributed by atoms with Gasteiger partial charge in [0.2, 0.25) is 0 Å². The topological polar surface area (TPSA) is 73.3 Å². The second-order valence-corrected chi connectivity index (χ2v) is 5.61. The summed E-state index contributed by atoms with van der Waals surface area (Å²) < 4.78 is 7.66. The number of aliphatic hydroxyl groups excluding tert-OH is 1. The van der Waals surface area contributed by atoms with Crippen LogP contribution in [0.25, 0.3) is 0 Å². The van der Waals surface area contributed by atoms with Crippen LogP contribution in [0.4, 0.5) is 0 Å². The van der Waals surface area contributed by atoms with E-state index in [9.17, 15) is 5.11 Å². The maximum Gasteiger partial charge on any atom is 0.122 e. The summed E-state index contributed by atoms with van der Waals surface area (Å²) in [6, 6.07) is 9.78. The number of nitrogens with zero attached hydrogens (tertiary/aromatic N) is 2. The van der Waals surface area contributed by atoms with Crippen LogP contribution in [-0.4, -0.2) is 28.0 Å². The molecule has 0 saturated carbocycles. The van der Waals surface area contributed by atoms with Gasteiger partial charge in [-0.15, -0.1) is 0 Å². The van der Waals surface area contributed by atoms with Gasteiger partial charge in [0.15, 0.2) is 0 Å². The van der Waals surface area contributed by atoms with Gasteiger partial charge in [0.05, 0.1) is 17.7 Å². The molecule has 1 aromatic carbocycles. The summed E-state index contributed by atoms with van der Waals surface area (Å²) in [4.78, 5) is 0. The summed E-state index contributed by atoms with van der Waals surface area (Å²) in [6.07, 6.45) is 1.72. The molecule has 2 aromatic rings. The van der Waals surface area contributed by atoms with E-state index in [1.807, 2.05) is 41.9 Å². The fraction of sp³-hybridized carbons (Fsp3) is 0.438. The van der Waals surface area contributed by atoms with Gasteiger partial charge in [-0.2, -0.15) is 5.10 Å². The van der Waals surface area contributed by atoms with Crippen LogP contribution in [0.2, 0.25) is 0 Å². The van der Waals surface area contributed by atoms with Gasteiger partial charge in [0.25, 0.3) is 0 Å². The Hall–Kier alpha value is -1.85. The predicted molar refractivity (Wildman–Crippen MR) is 80.0 cm³/mol. The van der Waals surface area contributed by atoms with E-state index in [1.54, 1.807) is 6.20 Å². The maximum atomic E-state index is 10.9. The first-order chi connectivity index (χ1) is 10.2. The highest BCUT2D eigenvalue weighted by Crippen LogP contribution is 2.42. The molecule has 0 radical (unpaired) electrons. The first-order valence-electron chi connectivity index (χ1n) is 7.31. The van der Waals surface area contributed by atoms with Gasteiger partial charge in [-0.05, 0) is 31.0 Å². The molecule has 0 spiro atoms. The quantitative estimate of drug-likeness (QED) is 0.894. The lowest BCUT2D eigenvalue weighted by Crippen LogP contribution is -2.46. The molecule has 5 heteroatoms. The number of aromatic nitrogens is 2. The SMILES string of the molecule is CCn1nccc1C(O)C1(CN)COc2ccccc2C1. The van der Waals surface area contributed by atoms with E-state index in [4.69, 9.17) is 10.5 Å². The Bertz CT molecular complexity index is 625. The molecular weight excluding hydrogens is 266 g/mol. The van der Waals surface area contributed by atoms with E-state index < -0.39 is 11.5 Å². The first kappa shape index (κ1) is 14.1. The van der Waals surface area contributed by atoms with Crippen molar-refractivity contribution in [3.05, 3.63) is 47.8 Å². The molecule has 1 aliphatic heterocycles. The third-order valence-corrected chi connectivity index (χ3v) is 4.35. The molecule has 112 valence electrons. The Morgan fingerprint density at radius 2 is 2.24 bits per heavy atom. The minimum absolute atomic E-state index is 0.359. The van der Waals surface area contributed by atoms with Gasteiger partial charge in [-0.3, -0.25) is 4.68 Å². The summed E-state index contributed by atoms with van der Waals surface area (Å²) >= 11 is 0. The third-order valence-electron chi connectivity index (χ3n) is 4.35. The summed E-state index contributed by atoms with van der Waals surface area (Å²) in [5, 5.41) is 15.1. The van der Waals surface area contributed by atoms with Crippen molar-refractivity contribution in [2.24, 2.45) is 11.1 Å². The fourth-order valence-corrected chi connectivity index (χ4v) is 3.01. The molecule has 2 heterocycles. The van der Waals surface area contributed by atoms with E-state index in [-0.39, 0.29) is 0 Å². The van der Waals surface area contributed by atoms with Crippen molar-refractivity contribution in [3.8, 4) is 5.75 Å². The number of para-hydroxylation sites is 1. The van der Waals surface area contributed by atoms with Crippen LogP contribution in [-0.2, 0) is 13.0 Å². The lowest BCUT2D eigenvalue weighted by Gasteiger charge is -2.40. The molecule has 21 heavy (non-hydrogen) atoms. The molecule has 5 nitrogen and oxygen atoms in total. The van der Waals surface area contributed by atoms with Crippen molar-refractivity contribution >= 4 is 0 Å². The monoisotopic (exact) mass is 287 g/mol. The van der Waals surface area contributed by atoms with Crippen LogP contribution in [0.1, 0.15) is 24.3 Å². The minimum atomic E-state index is -0.696. The highest BCUT2D eigenvalue weighted by molar-refractivity contribution is 5.37. The Kier molecular flexibility index (Phi) is 3.69. The molecule has 0 bridgehead atoms. The van der Waals surface area contributed by atoms with Crippen LogP contribution in [0.5, 0.6) is 5.75 Å². The smallest absolute Gasteiger partial charge is 0.122 e. The fourth-order valence-electron chi connectivity index (χ4n) is 3.01. The summed E-state index contributed by atoms with van der Waals surface area (Å²) in [7, 11) is 0. The Labute approximate surface area is 124 Å². The number of ether oxygens (including phenoxy) is 1. The number of hydrogen-bond acceptors (Lipinski definition) is 4. The van der Waals surface area contributed by atoms with E-state index in [0.717, 1.165) is 23.6 Å². The zero-order chi connectivity index (χ0) is 14.9. The predicted octanol–water partition coefficient (Wildman–Crippen LogP) is 1.52. The summed E-state index contributed by atoms with van der Waals surface area (Å²) in [6.45, 7) is 3.50. The maximum absolute atomic E-state index is 10.9. The Morgan fingerprint density at radius 1 is 1.43 bits per heavy atom. The molecule has 0 amide bonds. The number of fused-ring (bicyclic) bond motifs is 1. The van der Waals surface area contributed by atoms with Crippen molar-refractivity contribution in [2.45, 2.75) is 26.0 Å². The lowest BCUT2D eigenvalue weighted by atomic mass is 9.74. The summed E-state index contributed by atoms with van der Waals surface area (Å²) in [5.74, 6) is 0.887. The van der Waals surface area contributed by atoms with Crippen molar-refractivity contribution in [1.82, 2.24) is 9.78 Å². The highest BCUT2D eigenvalue weighted by atomic mass is 16.5. The van der Waals surface area contributed by atoms with Gasteiger partial charge in [-0.25, -0.2) is 0 Å². The lowest BCUT2D eigenvalue weighted by molar-refractivity contribution is -0.0210. The van der Waals surface area contributed by atoms with Crippen LogP contribution < -0.4 is 10.5 Å². The average Bonchev–Trinajstić information content (AvgIpc) is 3.02. The molecule has 0 fully saturated rings. The minimum Gasteiger partial charge on any atom is -0.493 e. The molecule has 3 rings (SSSR count). The van der Waals surface area contributed by atoms with Crippen LogP contribution in [0, 0.1) is 5.41 Å². The Balaban J connectivity index is 1.95. The van der Waals surface area contributed by atoms with E-state index in [0.29, 0.717) is 19.6 Å². The molecule has 2 atom stereocenters. The number of benzene rings is 1. The van der Waals surface area contributed by atoms with Crippen molar-refractivity contribution < 1.29 is 9.84 Å². The van der Waals surface area contributed by atoms with Crippen molar-refractivity contribution in [1.29, 1.82) is 0 Å². The van der Waals surface area contributed by atoms with Gasteiger partial charge in [0.1, 0.15) is 11.9 Å². The second-order valence-electron chi connectivity index (χ2n) is 5.61. The van der Waals surface area contributed by atoms with E-state index in [1.165, 1.54) is 0 Å². The van der Waals surface area contributed by atoms with Gasteiger partial charge >= 0.3 is 0 Å². The first-order valence-corrected chi connectivity index (χ1v) is 7.31. The highest BCUT2D eigenvalue weighted by Gasteiger charge is 2.43. The van der Waals surface area contributed by atoms with Crippen molar-refractivity contribution in [2.75, 3.05) is 13.2 Å². The molecule has 2 unspecified atom stereocenters.